The SMILES string of the molecule is COC(=O)C(C(=O)OC)[C@@H](C[N+](=O)[O-])c1ccccc1OC(=O)c1ccccc1. The maximum atomic E-state index is 12.4. The fourth-order valence-corrected chi connectivity index (χ4v) is 2.84. The Kier molecular flexibility index (Phi) is 7.41. The number of hydrogen-bond donors (Lipinski definition) is 0. The van der Waals surface area contributed by atoms with Gasteiger partial charge in [0.1, 0.15) is 5.75 Å². The molecule has 0 aliphatic heterocycles. The van der Waals surface area contributed by atoms with Crippen molar-refractivity contribution in [1.82, 2.24) is 0 Å². The van der Waals surface area contributed by atoms with Gasteiger partial charge in [-0.05, 0) is 18.2 Å². The normalized spacial score (nSPS) is 11.4. The molecule has 0 spiro atoms. The van der Waals surface area contributed by atoms with E-state index in [1.54, 1.807) is 42.5 Å². The standard InChI is InChI=1S/C20H19NO8/c1-27-19(23)17(20(24)28-2)15(12-21(25)26)14-10-6-7-11-16(14)29-18(22)13-8-4-3-5-9-13/h3-11,15,17H,12H2,1-2H3/t15-/m0/s1. The predicted molar refractivity (Wildman–Crippen MR) is 100.0 cm³/mol. The smallest absolute Gasteiger partial charge is 0.343 e. The van der Waals surface area contributed by atoms with E-state index in [1.807, 2.05) is 0 Å². The fourth-order valence-electron chi connectivity index (χ4n) is 2.84. The van der Waals surface area contributed by atoms with Crippen LogP contribution in [0.4, 0.5) is 0 Å². The van der Waals surface area contributed by atoms with Crippen LogP contribution in [-0.2, 0) is 19.1 Å². The molecule has 0 heterocycles. The molecular formula is C20H19NO8. The molecule has 0 bridgehead atoms. The lowest BCUT2D eigenvalue weighted by Gasteiger charge is -2.22. The van der Waals surface area contributed by atoms with Crippen molar-refractivity contribution in [3.8, 4) is 5.75 Å². The van der Waals surface area contributed by atoms with Crippen molar-refractivity contribution in [3.05, 3.63) is 75.8 Å². The molecule has 0 fully saturated rings. The largest absolute Gasteiger partial charge is 0.468 e. The van der Waals surface area contributed by atoms with Gasteiger partial charge in [0.15, 0.2) is 5.92 Å². The van der Waals surface area contributed by atoms with E-state index in [9.17, 15) is 24.5 Å². The Labute approximate surface area is 166 Å². The van der Waals surface area contributed by atoms with Crippen molar-refractivity contribution >= 4 is 17.9 Å². The van der Waals surface area contributed by atoms with Gasteiger partial charge in [0, 0.05) is 10.5 Å². The van der Waals surface area contributed by atoms with Crippen LogP contribution in [0.2, 0.25) is 0 Å². The molecule has 0 saturated carbocycles. The zero-order valence-electron chi connectivity index (χ0n) is 15.8. The van der Waals surface area contributed by atoms with Gasteiger partial charge in [-0.25, -0.2) is 4.79 Å². The second kappa shape index (κ2) is 9.98. The lowest BCUT2D eigenvalue weighted by Crippen LogP contribution is -2.35. The van der Waals surface area contributed by atoms with Crippen molar-refractivity contribution in [3.63, 3.8) is 0 Å². The van der Waals surface area contributed by atoms with Gasteiger partial charge in [0.05, 0.1) is 25.7 Å². The fraction of sp³-hybridized carbons (Fsp3) is 0.250. The highest BCUT2D eigenvalue weighted by atomic mass is 16.6. The summed E-state index contributed by atoms with van der Waals surface area (Å²) in [5, 5.41) is 11.3. The van der Waals surface area contributed by atoms with Gasteiger partial charge in [-0.1, -0.05) is 36.4 Å². The molecule has 0 aliphatic rings. The lowest BCUT2D eigenvalue weighted by atomic mass is 9.85. The highest BCUT2D eigenvalue weighted by Crippen LogP contribution is 2.34. The second-order valence-electron chi connectivity index (χ2n) is 5.94. The van der Waals surface area contributed by atoms with Crippen LogP contribution in [0.3, 0.4) is 0 Å². The van der Waals surface area contributed by atoms with Crippen LogP contribution in [0, 0.1) is 16.0 Å². The first-order valence-electron chi connectivity index (χ1n) is 8.52. The average molecular weight is 401 g/mol. The first-order valence-corrected chi connectivity index (χ1v) is 8.52. The summed E-state index contributed by atoms with van der Waals surface area (Å²) in [5.74, 6) is -5.56. The Morgan fingerprint density at radius 3 is 2.03 bits per heavy atom. The monoisotopic (exact) mass is 401 g/mol. The van der Waals surface area contributed by atoms with Crippen LogP contribution >= 0.6 is 0 Å². The molecule has 9 heteroatoms. The molecule has 1 atom stereocenters. The molecule has 152 valence electrons. The summed E-state index contributed by atoms with van der Waals surface area (Å²) >= 11 is 0. The number of esters is 3. The van der Waals surface area contributed by atoms with Crippen molar-refractivity contribution in [1.29, 1.82) is 0 Å². The summed E-state index contributed by atoms with van der Waals surface area (Å²) in [5.41, 5.74) is 0.403. The molecule has 2 aromatic carbocycles. The Morgan fingerprint density at radius 1 is 0.931 bits per heavy atom. The van der Waals surface area contributed by atoms with E-state index in [1.165, 1.54) is 12.1 Å². The van der Waals surface area contributed by atoms with Gasteiger partial charge in [0.2, 0.25) is 6.54 Å². The average Bonchev–Trinajstić information content (AvgIpc) is 2.73. The van der Waals surface area contributed by atoms with E-state index < -0.39 is 41.2 Å². The Hall–Kier alpha value is -3.75. The topological polar surface area (TPSA) is 122 Å². The van der Waals surface area contributed by atoms with Gasteiger partial charge in [-0.15, -0.1) is 0 Å². The summed E-state index contributed by atoms with van der Waals surface area (Å²) in [6.07, 6.45) is 0. The van der Waals surface area contributed by atoms with Gasteiger partial charge >= 0.3 is 17.9 Å². The first-order chi connectivity index (χ1) is 13.9. The van der Waals surface area contributed by atoms with Crippen LogP contribution in [0.5, 0.6) is 5.75 Å². The first kappa shape index (κ1) is 21.5. The molecule has 0 aromatic heterocycles. The van der Waals surface area contributed by atoms with E-state index in [4.69, 9.17) is 4.74 Å². The number of methoxy groups -OCH3 is 2. The third kappa shape index (κ3) is 5.38. The van der Waals surface area contributed by atoms with Crippen molar-refractivity contribution < 1.29 is 33.5 Å². The van der Waals surface area contributed by atoms with Gasteiger partial charge < -0.3 is 14.2 Å². The highest BCUT2D eigenvalue weighted by molar-refractivity contribution is 5.96. The second-order valence-corrected chi connectivity index (χ2v) is 5.94. The molecule has 2 rings (SSSR count). The summed E-state index contributed by atoms with van der Waals surface area (Å²) in [7, 11) is 2.12. The summed E-state index contributed by atoms with van der Waals surface area (Å²) in [6, 6.07) is 14.1. The number of carbonyl (C=O) groups is 3. The van der Waals surface area contributed by atoms with Crippen molar-refractivity contribution in [2.45, 2.75) is 5.92 Å². The van der Waals surface area contributed by atoms with Crippen molar-refractivity contribution in [2.24, 2.45) is 5.92 Å². The quantitative estimate of drug-likeness (QED) is 0.217. The molecule has 2 aromatic rings. The van der Waals surface area contributed by atoms with Crippen molar-refractivity contribution in [2.75, 3.05) is 20.8 Å². The molecule has 0 aliphatic carbocycles. The molecule has 29 heavy (non-hydrogen) atoms. The maximum absolute atomic E-state index is 12.4. The molecule has 0 N–H and O–H groups in total. The zero-order chi connectivity index (χ0) is 21.4. The van der Waals surface area contributed by atoms with E-state index in [0.29, 0.717) is 0 Å². The number of hydrogen-bond acceptors (Lipinski definition) is 8. The predicted octanol–water partition coefficient (Wildman–Crippen LogP) is 2.23. The number of benzene rings is 2. The lowest BCUT2D eigenvalue weighted by molar-refractivity contribution is -0.484. The molecule has 0 amide bonds. The number of rotatable bonds is 8. The number of para-hydroxylation sites is 1. The van der Waals surface area contributed by atoms with Crippen LogP contribution in [0.25, 0.3) is 0 Å². The Balaban J connectivity index is 2.48. The van der Waals surface area contributed by atoms with Crippen LogP contribution < -0.4 is 4.74 Å². The van der Waals surface area contributed by atoms with Crippen LogP contribution in [0.15, 0.2) is 54.6 Å². The van der Waals surface area contributed by atoms with Gasteiger partial charge in [-0.3, -0.25) is 19.7 Å². The summed E-state index contributed by atoms with van der Waals surface area (Å²) in [4.78, 5) is 47.4. The van der Waals surface area contributed by atoms with E-state index in [2.05, 4.69) is 9.47 Å². The maximum Gasteiger partial charge on any atom is 0.343 e. The molecule has 0 saturated heterocycles. The third-order valence-electron chi connectivity index (χ3n) is 4.19. The summed E-state index contributed by atoms with van der Waals surface area (Å²) in [6.45, 7) is -0.783. The minimum Gasteiger partial charge on any atom is -0.468 e. The molecule has 0 unspecified atom stereocenters. The summed E-state index contributed by atoms with van der Waals surface area (Å²) < 4.78 is 14.7. The van der Waals surface area contributed by atoms with E-state index >= 15 is 0 Å². The third-order valence-corrected chi connectivity index (χ3v) is 4.19. The number of nitrogens with zero attached hydrogens (tertiary/aromatic N) is 1. The molecule has 0 radical (unpaired) electrons. The van der Waals surface area contributed by atoms with Gasteiger partial charge in [0.25, 0.3) is 0 Å². The zero-order valence-corrected chi connectivity index (χ0v) is 15.8. The van der Waals surface area contributed by atoms with E-state index in [-0.39, 0.29) is 16.9 Å². The van der Waals surface area contributed by atoms with E-state index in [0.717, 1.165) is 14.2 Å². The number of carbonyl (C=O) groups excluding carboxylic acids is 3. The Morgan fingerprint density at radius 2 is 1.48 bits per heavy atom. The highest BCUT2D eigenvalue weighted by Gasteiger charge is 2.42. The van der Waals surface area contributed by atoms with Crippen LogP contribution in [0.1, 0.15) is 21.8 Å². The minimum absolute atomic E-state index is 0.00832. The minimum atomic E-state index is -1.60. The number of nitro groups is 1. The molecule has 9 nitrogen and oxygen atoms in total. The Bertz CT molecular complexity index is 880. The van der Waals surface area contributed by atoms with Crippen LogP contribution in [-0.4, -0.2) is 43.6 Å². The molecular weight excluding hydrogens is 382 g/mol. The van der Waals surface area contributed by atoms with Gasteiger partial charge in [-0.2, -0.15) is 0 Å². The number of ether oxygens (including phenoxy) is 3.